The summed E-state index contributed by atoms with van der Waals surface area (Å²) in [5.74, 6) is 0.762. The van der Waals surface area contributed by atoms with Crippen molar-refractivity contribution in [3.8, 4) is 0 Å². The predicted molar refractivity (Wildman–Crippen MR) is 165 cm³/mol. The minimum absolute atomic E-state index is 0.119. The normalized spacial score (nSPS) is 22.6. The summed E-state index contributed by atoms with van der Waals surface area (Å²) >= 11 is 0. The number of ketones is 1. The summed E-state index contributed by atoms with van der Waals surface area (Å²) in [6.07, 6.45) is 4.64. The van der Waals surface area contributed by atoms with Crippen molar-refractivity contribution in [2.24, 2.45) is 11.8 Å². The van der Waals surface area contributed by atoms with Crippen molar-refractivity contribution in [1.82, 2.24) is 4.90 Å². The van der Waals surface area contributed by atoms with Crippen LogP contribution < -0.4 is 10.4 Å². The number of likely N-dealkylation sites (tertiary alicyclic amines) is 1. The molecule has 1 aliphatic carbocycles. The lowest BCUT2D eigenvalue weighted by Gasteiger charge is -2.48. The molecule has 1 fully saturated rings. The van der Waals surface area contributed by atoms with E-state index in [1.807, 2.05) is 37.8 Å². The van der Waals surface area contributed by atoms with Gasteiger partial charge in [-0.1, -0.05) is 94.4 Å². The summed E-state index contributed by atoms with van der Waals surface area (Å²) in [6, 6.07) is 21.3. The molecule has 0 spiro atoms. The Bertz CT molecular complexity index is 1160. The van der Waals surface area contributed by atoms with Gasteiger partial charge in [0.25, 0.3) is 8.32 Å². The van der Waals surface area contributed by atoms with E-state index >= 15 is 0 Å². The highest BCUT2D eigenvalue weighted by molar-refractivity contribution is 6.99. The van der Waals surface area contributed by atoms with Crippen molar-refractivity contribution < 1.29 is 18.8 Å². The third-order valence-corrected chi connectivity index (χ3v) is 13.2. The molecule has 6 heteroatoms. The maximum atomic E-state index is 13.4. The molecule has 1 aliphatic heterocycles. The number of carbonyl (C=O) groups is 2. The molecule has 0 unspecified atom stereocenters. The molecule has 1 amide bonds. The van der Waals surface area contributed by atoms with Gasteiger partial charge < -0.3 is 14.1 Å². The second-order valence-electron chi connectivity index (χ2n) is 13.8. The number of amides is 1. The quantitative estimate of drug-likeness (QED) is 0.378. The van der Waals surface area contributed by atoms with Crippen molar-refractivity contribution in [1.29, 1.82) is 0 Å². The van der Waals surface area contributed by atoms with Crippen LogP contribution in [0.4, 0.5) is 4.79 Å². The van der Waals surface area contributed by atoms with Crippen LogP contribution in [-0.4, -0.2) is 49.9 Å². The number of piperidine rings is 1. The number of hydrogen-bond donors (Lipinski definition) is 0. The fourth-order valence-corrected chi connectivity index (χ4v) is 11.0. The summed E-state index contributed by atoms with van der Waals surface area (Å²) in [6.45, 7) is 15.7. The molecular formula is C34H47NO4Si. The summed E-state index contributed by atoms with van der Waals surface area (Å²) < 4.78 is 13.3. The van der Waals surface area contributed by atoms with Crippen molar-refractivity contribution >= 4 is 30.6 Å². The smallest absolute Gasteiger partial charge is 0.410 e. The Kier molecular flexibility index (Phi) is 9.10. The number of hydrogen-bond acceptors (Lipinski definition) is 4. The van der Waals surface area contributed by atoms with Gasteiger partial charge in [0, 0.05) is 19.5 Å². The predicted octanol–water partition coefficient (Wildman–Crippen LogP) is 6.50. The van der Waals surface area contributed by atoms with Crippen molar-refractivity contribution in [3.05, 3.63) is 72.3 Å². The fourth-order valence-electron chi connectivity index (χ4n) is 6.30. The third-order valence-electron chi connectivity index (χ3n) is 8.08. The lowest BCUT2D eigenvalue weighted by molar-refractivity contribution is -0.117. The number of Topliss-reactive ketones (excluding diaryl/α,β-unsaturated/α-hetero) is 1. The van der Waals surface area contributed by atoms with Crippen LogP contribution in [0.5, 0.6) is 0 Å². The van der Waals surface area contributed by atoms with E-state index < -0.39 is 13.9 Å². The Morgan fingerprint density at radius 3 is 2.00 bits per heavy atom. The van der Waals surface area contributed by atoms with Gasteiger partial charge in [0.05, 0.1) is 6.10 Å². The molecule has 2 aromatic carbocycles. The van der Waals surface area contributed by atoms with Gasteiger partial charge >= 0.3 is 6.09 Å². The van der Waals surface area contributed by atoms with Crippen LogP contribution in [-0.2, 0) is 14.0 Å². The minimum atomic E-state index is -2.81. The molecule has 5 nitrogen and oxygen atoms in total. The van der Waals surface area contributed by atoms with Gasteiger partial charge in [-0.2, -0.15) is 0 Å². The van der Waals surface area contributed by atoms with Gasteiger partial charge in [-0.25, -0.2) is 4.79 Å². The first-order valence-corrected chi connectivity index (χ1v) is 16.7. The van der Waals surface area contributed by atoms with E-state index in [4.69, 9.17) is 9.16 Å². The molecule has 0 bridgehead atoms. The zero-order valence-electron chi connectivity index (χ0n) is 25.4. The van der Waals surface area contributed by atoms with Gasteiger partial charge in [-0.05, 0) is 72.9 Å². The van der Waals surface area contributed by atoms with E-state index in [0.29, 0.717) is 31.8 Å². The Morgan fingerprint density at radius 1 is 0.925 bits per heavy atom. The Balaban J connectivity index is 1.72. The molecule has 3 atom stereocenters. The van der Waals surface area contributed by atoms with Gasteiger partial charge in [0.1, 0.15) is 5.60 Å². The molecule has 4 rings (SSSR count). The number of carbonyl (C=O) groups excluding carboxylic acids is 2. The lowest BCUT2D eigenvalue weighted by atomic mass is 9.83. The maximum absolute atomic E-state index is 13.4. The Morgan fingerprint density at radius 2 is 1.50 bits per heavy atom. The van der Waals surface area contributed by atoms with Crippen molar-refractivity contribution in [2.45, 2.75) is 90.9 Å². The first kappa shape index (κ1) is 30.3. The first-order valence-electron chi connectivity index (χ1n) is 14.8. The zero-order valence-corrected chi connectivity index (χ0v) is 26.4. The molecular weight excluding hydrogens is 514 g/mol. The highest BCUT2D eigenvalue weighted by atomic mass is 28.4. The lowest BCUT2D eigenvalue weighted by Crippen LogP contribution is -2.69. The minimum Gasteiger partial charge on any atom is -0.444 e. The van der Waals surface area contributed by atoms with Crippen LogP contribution >= 0.6 is 0 Å². The van der Waals surface area contributed by atoms with E-state index in [1.165, 1.54) is 10.4 Å². The maximum Gasteiger partial charge on any atom is 0.410 e. The Labute approximate surface area is 242 Å². The summed E-state index contributed by atoms with van der Waals surface area (Å²) in [5.41, 5.74) is 0.328. The molecule has 2 aliphatic rings. The van der Waals surface area contributed by atoms with E-state index in [9.17, 15) is 9.59 Å². The number of rotatable bonds is 6. The standard InChI is InChI=1S/C34H47NO4Si/c1-25-18-19-27(31(36)20-25)21-26-22-28(24-35(23-26)32(37)38-33(2,3)4)39-40(34(5,6)7,29-14-10-8-11-15-29)30-16-12-9-13-17-30/h8-17,19,25-26,28H,18,20-24H2,1-7H3/t25-,26+,28-/m1/s1. The van der Waals surface area contributed by atoms with Gasteiger partial charge in [0.15, 0.2) is 5.78 Å². The molecule has 216 valence electrons. The van der Waals surface area contributed by atoms with E-state index in [2.05, 4.69) is 82.3 Å². The number of nitrogens with zero attached hydrogens (tertiary/aromatic N) is 1. The molecule has 40 heavy (non-hydrogen) atoms. The third kappa shape index (κ3) is 6.95. The molecule has 0 saturated carbocycles. The average molecular weight is 562 g/mol. The first-order chi connectivity index (χ1) is 18.8. The molecule has 2 aromatic rings. The molecule has 0 aromatic heterocycles. The van der Waals surface area contributed by atoms with Crippen molar-refractivity contribution in [3.63, 3.8) is 0 Å². The Hall–Kier alpha value is -2.70. The fraction of sp³-hybridized carbons (Fsp3) is 0.529. The van der Waals surface area contributed by atoms with E-state index in [1.54, 1.807) is 0 Å². The van der Waals surface area contributed by atoms with Gasteiger partial charge in [0.2, 0.25) is 0 Å². The zero-order chi connectivity index (χ0) is 29.1. The van der Waals surface area contributed by atoms with Gasteiger partial charge in [-0.3, -0.25) is 4.79 Å². The molecule has 1 saturated heterocycles. The monoisotopic (exact) mass is 561 g/mol. The average Bonchev–Trinajstić information content (AvgIpc) is 2.88. The topological polar surface area (TPSA) is 55.8 Å². The summed E-state index contributed by atoms with van der Waals surface area (Å²) in [4.78, 5) is 28.1. The van der Waals surface area contributed by atoms with Crippen LogP contribution in [0.1, 0.15) is 74.1 Å². The SMILES string of the molecule is C[C@@H]1CC=C(C[C@H]2C[C@@H](O[Si](c3ccccc3)(c3ccccc3)C(C)(C)C)CN(C(=O)OC(C)(C)C)C2)C(=O)C1. The number of allylic oxidation sites excluding steroid dienone is 2. The molecule has 0 radical (unpaired) electrons. The largest absolute Gasteiger partial charge is 0.444 e. The summed E-state index contributed by atoms with van der Waals surface area (Å²) in [5, 5.41) is 2.27. The van der Waals surface area contributed by atoms with E-state index in [-0.39, 0.29) is 28.9 Å². The highest BCUT2D eigenvalue weighted by Crippen LogP contribution is 2.39. The summed E-state index contributed by atoms with van der Waals surface area (Å²) in [7, 11) is -2.81. The second-order valence-corrected chi connectivity index (χ2v) is 18.0. The van der Waals surface area contributed by atoms with Crippen LogP contribution in [0.3, 0.4) is 0 Å². The number of benzene rings is 2. The van der Waals surface area contributed by atoms with Crippen LogP contribution in [0.25, 0.3) is 0 Å². The van der Waals surface area contributed by atoms with Gasteiger partial charge in [-0.15, -0.1) is 0 Å². The molecule has 0 N–H and O–H groups in total. The van der Waals surface area contributed by atoms with Crippen LogP contribution in [0.2, 0.25) is 5.04 Å². The second kappa shape index (κ2) is 12.0. The van der Waals surface area contributed by atoms with Crippen molar-refractivity contribution in [2.75, 3.05) is 13.1 Å². The molecule has 1 heterocycles. The van der Waals surface area contributed by atoms with Crippen LogP contribution in [0, 0.1) is 11.8 Å². The van der Waals surface area contributed by atoms with E-state index in [0.717, 1.165) is 18.4 Å². The van der Waals surface area contributed by atoms with Crippen LogP contribution in [0.15, 0.2) is 72.3 Å². The number of ether oxygens (including phenoxy) is 1. The highest BCUT2D eigenvalue weighted by Gasteiger charge is 2.52.